The zero-order chi connectivity index (χ0) is 12.8. The molecule has 0 unspecified atom stereocenters. The molecule has 0 aliphatic heterocycles. The molecule has 4 heteroatoms. The van der Waals surface area contributed by atoms with Crippen molar-refractivity contribution < 1.29 is 4.74 Å². The van der Waals surface area contributed by atoms with E-state index in [1.165, 1.54) is 0 Å². The van der Waals surface area contributed by atoms with Gasteiger partial charge in [-0.2, -0.15) is 0 Å². The Balaban J connectivity index is 2.18. The quantitative estimate of drug-likeness (QED) is 0.642. The third-order valence-corrected chi connectivity index (χ3v) is 3.74. The number of fused-ring (bicyclic) bond motifs is 1. The lowest BCUT2D eigenvalue weighted by molar-refractivity contribution is 0.200. The maximum Gasteiger partial charge on any atom is 0.0970 e. The van der Waals surface area contributed by atoms with Gasteiger partial charge >= 0.3 is 0 Å². The zero-order valence-corrected chi connectivity index (χ0v) is 11.4. The highest BCUT2D eigenvalue weighted by Crippen LogP contribution is 2.24. The molecule has 0 aliphatic carbocycles. The van der Waals surface area contributed by atoms with Crippen molar-refractivity contribution in [1.82, 2.24) is 4.98 Å². The largest absolute Gasteiger partial charge is 0.385 e. The van der Waals surface area contributed by atoms with Crippen molar-refractivity contribution in [3.8, 4) is 0 Å². The molecule has 96 valence electrons. The number of thioether (sulfide) groups is 1. The number of benzene rings is 1. The van der Waals surface area contributed by atoms with Gasteiger partial charge in [0.2, 0.25) is 0 Å². The summed E-state index contributed by atoms with van der Waals surface area (Å²) in [5.74, 6) is 1.02. The van der Waals surface area contributed by atoms with Crippen LogP contribution in [0.3, 0.4) is 0 Å². The van der Waals surface area contributed by atoms with E-state index in [-0.39, 0.29) is 0 Å². The Morgan fingerprint density at radius 1 is 1.33 bits per heavy atom. The number of pyridine rings is 1. The molecule has 0 aliphatic rings. The SMILES string of the molecule is COCCCSc1cc(CN)c2ccccc2n1. The average molecular weight is 262 g/mol. The molecule has 1 aromatic heterocycles. The monoisotopic (exact) mass is 262 g/mol. The topological polar surface area (TPSA) is 48.1 Å². The van der Waals surface area contributed by atoms with Crippen molar-refractivity contribution in [1.29, 1.82) is 0 Å². The number of hydrogen-bond donors (Lipinski definition) is 1. The van der Waals surface area contributed by atoms with E-state index in [4.69, 9.17) is 10.5 Å². The first-order valence-corrected chi connectivity index (χ1v) is 7.04. The molecule has 0 saturated heterocycles. The van der Waals surface area contributed by atoms with Crippen LogP contribution < -0.4 is 5.73 Å². The van der Waals surface area contributed by atoms with E-state index in [9.17, 15) is 0 Å². The van der Waals surface area contributed by atoms with Crippen LogP contribution in [0.2, 0.25) is 0 Å². The summed E-state index contributed by atoms with van der Waals surface area (Å²) in [5, 5.41) is 2.20. The molecule has 1 heterocycles. The fourth-order valence-electron chi connectivity index (χ4n) is 1.84. The molecule has 2 N–H and O–H groups in total. The first-order chi connectivity index (χ1) is 8.85. The van der Waals surface area contributed by atoms with Crippen molar-refractivity contribution in [3.05, 3.63) is 35.9 Å². The smallest absolute Gasteiger partial charge is 0.0970 e. The highest BCUT2D eigenvalue weighted by molar-refractivity contribution is 7.99. The Hall–Kier alpha value is -1.10. The molecule has 0 amide bonds. The second-order valence-electron chi connectivity index (χ2n) is 4.04. The molecule has 1 aromatic carbocycles. The summed E-state index contributed by atoms with van der Waals surface area (Å²) in [7, 11) is 1.73. The van der Waals surface area contributed by atoms with Gasteiger partial charge in [0.25, 0.3) is 0 Å². The summed E-state index contributed by atoms with van der Waals surface area (Å²) in [5.41, 5.74) is 7.99. The van der Waals surface area contributed by atoms with Gasteiger partial charge < -0.3 is 10.5 Å². The third-order valence-electron chi connectivity index (χ3n) is 2.74. The van der Waals surface area contributed by atoms with Crippen LogP contribution in [0, 0.1) is 0 Å². The molecule has 0 radical (unpaired) electrons. The molecule has 2 rings (SSSR count). The average Bonchev–Trinajstić information content (AvgIpc) is 2.42. The van der Waals surface area contributed by atoms with E-state index in [0.29, 0.717) is 6.54 Å². The van der Waals surface area contributed by atoms with Crippen LogP contribution in [0.5, 0.6) is 0 Å². The number of hydrogen-bond acceptors (Lipinski definition) is 4. The fourth-order valence-corrected chi connectivity index (χ4v) is 2.70. The number of para-hydroxylation sites is 1. The molecule has 0 fully saturated rings. The van der Waals surface area contributed by atoms with Gasteiger partial charge in [0.15, 0.2) is 0 Å². The van der Waals surface area contributed by atoms with Crippen LogP contribution in [-0.4, -0.2) is 24.5 Å². The summed E-state index contributed by atoms with van der Waals surface area (Å²) < 4.78 is 5.04. The lowest BCUT2D eigenvalue weighted by atomic mass is 10.1. The second kappa shape index (κ2) is 6.73. The van der Waals surface area contributed by atoms with Gasteiger partial charge in [-0.15, -0.1) is 11.8 Å². The Bertz CT molecular complexity index is 516. The van der Waals surface area contributed by atoms with Crippen LogP contribution in [0.15, 0.2) is 35.4 Å². The fraction of sp³-hybridized carbons (Fsp3) is 0.357. The Morgan fingerprint density at radius 3 is 2.94 bits per heavy atom. The molecule has 3 nitrogen and oxygen atoms in total. The van der Waals surface area contributed by atoms with E-state index >= 15 is 0 Å². The molecular formula is C14H18N2OS. The summed E-state index contributed by atoms with van der Waals surface area (Å²) in [6, 6.07) is 10.2. The Kier molecular flexibility index (Phi) is 4.99. The van der Waals surface area contributed by atoms with Crippen molar-refractivity contribution in [2.75, 3.05) is 19.5 Å². The van der Waals surface area contributed by atoms with Crippen LogP contribution in [0.25, 0.3) is 10.9 Å². The number of ether oxygens (including phenoxy) is 1. The molecule has 2 aromatic rings. The highest BCUT2D eigenvalue weighted by atomic mass is 32.2. The molecule has 0 saturated carbocycles. The zero-order valence-electron chi connectivity index (χ0n) is 10.6. The molecular weight excluding hydrogens is 244 g/mol. The second-order valence-corrected chi connectivity index (χ2v) is 5.15. The predicted molar refractivity (Wildman–Crippen MR) is 76.9 cm³/mol. The van der Waals surface area contributed by atoms with E-state index in [0.717, 1.165) is 40.3 Å². The van der Waals surface area contributed by atoms with Crippen molar-refractivity contribution in [2.24, 2.45) is 5.73 Å². The lowest BCUT2D eigenvalue weighted by Crippen LogP contribution is -1.99. The molecule has 0 spiro atoms. The summed E-state index contributed by atoms with van der Waals surface area (Å²) in [6.07, 6.45) is 1.04. The number of aromatic nitrogens is 1. The number of nitrogens with two attached hydrogens (primary N) is 1. The summed E-state index contributed by atoms with van der Waals surface area (Å²) in [4.78, 5) is 4.65. The maximum atomic E-state index is 5.80. The number of nitrogens with zero attached hydrogens (tertiary/aromatic N) is 1. The van der Waals surface area contributed by atoms with Gasteiger partial charge in [0.05, 0.1) is 10.5 Å². The van der Waals surface area contributed by atoms with E-state index in [2.05, 4.69) is 17.1 Å². The standard InChI is InChI=1S/C14H18N2OS/c1-17-7-4-8-18-14-9-11(10-15)12-5-2-3-6-13(12)16-14/h2-3,5-6,9H,4,7-8,10,15H2,1H3. The van der Waals surface area contributed by atoms with Crippen molar-refractivity contribution in [2.45, 2.75) is 18.0 Å². The predicted octanol–water partition coefficient (Wildman–Crippen LogP) is 2.82. The maximum absolute atomic E-state index is 5.80. The minimum absolute atomic E-state index is 0.550. The lowest BCUT2D eigenvalue weighted by Gasteiger charge is -2.07. The van der Waals surface area contributed by atoms with Crippen LogP contribution in [0.1, 0.15) is 12.0 Å². The third kappa shape index (κ3) is 3.22. The normalized spacial score (nSPS) is 11.0. The Labute approximate surface area is 112 Å². The van der Waals surface area contributed by atoms with Crippen LogP contribution in [0.4, 0.5) is 0 Å². The van der Waals surface area contributed by atoms with Gasteiger partial charge in [-0.05, 0) is 24.1 Å². The minimum atomic E-state index is 0.550. The first-order valence-electron chi connectivity index (χ1n) is 6.05. The molecule has 0 bridgehead atoms. The van der Waals surface area contributed by atoms with E-state index in [1.807, 2.05) is 18.2 Å². The van der Waals surface area contributed by atoms with E-state index < -0.39 is 0 Å². The van der Waals surface area contributed by atoms with Gasteiger partial charge in [0, 0.05) is 31.4 Å². The van der Waals surface area contributed by atoms with Gasteiger partial charge in [0.1, 0.15) is 0 Å². The first kappa shape index (κ1) is 13.3. The highest BCUT2D eigenvalue weighted by Gasteiger charge is 2.04. The van der Waals surface area contributed by atoms with Gasteiger partial charge in [-0.25, -0.2) is 4.98 Å². The van der Waals surface area contributed by atoms with Crippen molar-refractivity contribution >= 4 is 22.7 Å². The molecule has 0 atom stereocenters. The Morgan fingerprint density at radius 2 is 2.17 bits per heavy atom. The number of rotatable bonds is 6. The van der Waals surface area contributed by atoms with Gasteiger partial charge in [-0.3, -0.25) is 0 Å². The van der Waals surface area contributed by atoms with E-state index in [1.54, 1.807) is 18.9 Å². The number of methoxy groups -OCH3 is 1. The minimum Gasteiger partial charge on any atom is -0.385 e. The van der Waals surface area contributed by atoms with Gasteiger partial charge in [-0.1, -0.05) is 18.2 Å². The summed E-state index contributed by atoms with van der Waals surface area (Å²) >= 11 is 1.76. The van der Waals surface area contributed by atoms with Crippen LogP contribution in [-0.2, 0) is 11.3 Å². The van der Waals surface area contributed by atoms with Crippen molar-refractivity contribution in [3.63, 3.8) is 0 Å². The molecule has 18 heavy (non-hydrogen) atoms. The van der Waals surface area contributed by atoms with Crippen LogP contribution >= 0.6 is 11.8 Å². The summed E-state index contributed by atoms with van der Waals surface area (Å²) in [6.45, 7) is 1.35.